The van der Waals surface area contributed by atoms with Crippen LogP contribution in [-0.2, 0) is 28.9 Å². The van der Waals surface area contributed by atoms with Crippen molar-refractivity contribution in [3.8, 4) is 27.5 Å². The molecule has 0 saturated carbocycles. The van der Waals surface area contributed by atoms with Crippen molar-refractivity contribution in [1.29, 1.82) is 0 Å². The Hall–Kier alpha value is -4.63. The largest absolute Gasteiger partial charge is 0.315 e. The highest BCUT2D eigenvalue weighted by atomic mass is 32.1. The van der Waals surface area contributed by atoms with Gasteiger partial charge in [0.1, 0.15) is 0 Å². The molecular formula is C30H26N6O2S. The van der Waals surface area contributed by atoms with Crippen molar-refractivity contribution in [2.24, 2.45) is 0 Å². The fourth-order valence-electron chi connectivity index (χ4n) is 4.84. The van der Waals surface area contributed by atoms with Crippen LogP contribution in [0.4, 0.5) is 10.8 Å². The van der Waals surface area contributed by atoms with E-state index in [1.165, 1.54) is 18.3 Å². The van der Waals surface area contributed by atoms with E-state index in [1.807, 2.05) is 77.6 Å². The molecule has 0 bridgehead atoms. The maximum absolute atomic E-state index is 12.9. The van der Waals surface area contributed by atoms with Gasteiger partial charge in [0.15, 0.2) is 5.13 Å². The zero-order chi connectivity index (χ0) is 26.9. The molecule has 5 aromatic rings. The second kappa shape index (κ2) is 10.3. The number of benzene rings is 2. The smallest absolute Gasteiger partial charge is 0.231 e. The molecule has 0 atom stereocenters. The number of rotatable bonds is 6. The molecule has 0 unspecified atom stereocenters. The van der Waals surface area contributed by atoms with Crippen molar-refractivity contribution in [2.45, 2.75) is 26.2 Å². The van der Waals surface area contributed by atoms with Gasteiger partial charge in [0, 0.05) is 43.2 Å². The van der Waals surface area contributed by atoms with Crippen LogP contribution in [0.1, 0.15) is 23.7 Å². The van der Waals surface area contributed by atoms with Crippen LogP contribution in [0.5, 0.6) is 0 Å². The maximum Gasteiger partial charge on any atom is 0.231 e. The number of fused-ring (bicyclic) bond motifs is 3. The molecular weight excluding hydrogens is 508 g/mol. The first-order chi connectivity index (χ1) is 19.0. The van der Waals surface area contributed by atoms with Crippen molar-refractivity contribution < 1.29 is 9.59 Å². The first kappa shape index (κ1) is 24.7. The highest BCUT2D eigenvalue weighted by Gasteiger charge is 2.30. The van der Waals surface area contributed by atoms with E-state index in [4.69, 9.17) is 5.10 Å². The molecule has 9 heteroatoms. The van der Waals surface area contributed by atoms with E-state index in [0.717, 1.165) is 62.9 Å². The Kier molecular flexibility index (Phi) is 6.50. The number of pyridine rings is 1. The minimum atomic E-state index is -0.145. The van der Waals surface area contributed by atoms with Crippen LogP contribution in [0.3, 0.4) is 0 Å². The van der Waals surface area contributed by atoms with Gasteiger partial charge in [-0.05, 0) is 54.8 Å². The van der Waals surface area contributed by atoms with Gasteiger partial charge in [-0.3, -0.25) is 14.6 Å². The summed E-state index contributed by atoms with van der Waals surface area (Å²) in [5.74, 6) is -0.127. The van der Waals surface area contributed by atoms with Gasteiger partial charge in [0.05, 0.1) is 34.1 Å². The van der Waals surface area contributed by atoms with Crippen molar-refractivity contribution in [3.63, 3.8) is 0 Å². The summed E-state index contributed by atoms with van der Waals surface area (Å²) in [6, 6.07) is 21.5. The molecule has 1 aliphatic carbocycles. The molecule has 39 heavy (non-hydrogen) atoms. The number of anilines is 2. The van der Waals surface area contributed by atoms with Crippen LogP contribution in [0.25, 0.3) is 27.5 Å². The van der Waals surface area contributed by atoms with E-state index >= 15 is 0 Å². The van der Waals surface area contributed by atoms with Gasteiger partial charge in [0.25, 0.3) is 0 Å². The lowest BCUT2D eigenvalue weighted by atomic mass is 9.95. The van der Waals surface area contributed by atoms with Gasteiger partial charge in [-0.25, -0.2) is 9.67 Å². The molecule has 1 aliphatic rings. The number of aromatic nitrogens is 4. The van der Waals surface area contributed by atoms with Gasteiger partial charge < -0.3 is 10.2 Å². The van der Waals surface area contributed by atoms with Crippen LogP contribution in [0, 0.1) is 0 Å². The summed E-state index contributed by atoms with van der Waals surface area (Å²) in [5, 5.41) is 8.47. The lowest BCUT2D eigenvalue weighted by Crippen LogP contribution is -2.27. The average Bonchev–Trinajstić information content (AvgIpc) is 3.54. The summed E-state index contributed by atoms with van der Waals surface area (Å²) < 4.78 is 1.95. The fourth-order valence-corrected chi connectivity index (χ4v) is 5.96. The Morgan fingerprint density at radius 2 is 1.82 bits per heavy atom. The third kappa shape index (κ3) is 4.84. The summed E-state index contributed by atoms with van der Waals surface area (Å²) in [6.07, 6.45) is 5.43. The number of amides is 2. The molecule has 1 N–H and O–H groups in total. The number of carbonyl (C=O) groups is 2. The number of carbonyl (C=O) groups excluding carboxylic acids is 2. The second-order valence-electron chi connectivity index (χ2n) is 9.44. The summed E-state index contributed by atoms with van der Waals surface area (Å²) >= 11 is 1.47. The first-order valence-electron chi connectivity index (χ1n) is 12.7. The monoisotopic (exact) mass is 534 g/mol. The predicted octanol–water partition coefficient (Wildman–Crippen LogP) is 5.32. The summed E-state index contributed by atoms with van der Waals surface area (Å²) in [7, 11) is 1.80. The first-order valence-corrected chi connectivity index (χ1v) is 13.5. The molecule has 0 radical (unpaired) electrons. The minimum absolute atomic E-state index is 0.0177. The van der Waals surface area contributed by atoms with Crippen LogP contribution >= 0.6 is 11.3 Å². The Morgan fingerprint density at radius 1 is 1.03 bits per heavy atom. The van der Waals surface area contributed by atoms with E-state index < -0.39 is 0 Å². The van der Waals surface area contributed by atoms with Crippen molar-refractivity contribution in [1.82, 2.24) is 19.7 Å². The van der Waals surface area contributed by atoms with E-state index in [1.54, 1.807) is 18.1 Å². The highest BCUT2D eigenvalue weighted by Crippen LogP contribution is 2.44. The molecule has 2 amide bonds. The molecule has 0 fully saturated rings. The van der Waals surface area contributed by atoms with Crippen molar-refractivity contribution >= 4 is 34.0 Å². The lowest BCUT2D eigenvalue weighted by Gasteiger charge is -2.17. The highest BCUT2D eigenvalue weighted by molar-refractivity contribution is 7.19. The number of aryl methyl sites for hydroxylation is 1. The maximum atomic E-state index is 12.9. The molecule has 2 aromatic carbocycles. The SMILES string of the molecule is CC(=O)Nc1nc2c(s1)-c1c(c(-c3cccnc3)nn1-c1ccc(CC(=O)N(C)c3ccccc3)cc1)CC2. The molecule has 0 aliphatic heterocycles. The summed E-state index contributed by atoms with van der Waals surface area (Å²) in [4.78, 5) is 36.3. The number of para-hydroxylation sites is 1. The standard InChI is InChI=1S/C30H26N6O2S/c1-19(37)32-30-33-25-15-14-24-27(21-7-6-16-31-18-21)34-36(28(24)29(25)39-30)23-12-10-20(11-13-23)17-26(38)35(2)22-8-4-3-5-9-22/h3-13,16,18H,14-15,17H2,1-2H3,(H,32,33,37). The van der Waals surface area contributed by atoms with E-state index in [0.29, 0.717) is 11.6 Å². The topological polar surface area (TPSA) is 93.0 Å². The van der Waals surface area contributed by atoms with Gasteiger partial charge in [-0.2, -0.15) is 5.10 Å². The number of likely N-dealkylation sites (N-methyl/N-ethyl adjacent to an activating group) is 1. The summed E-state index contributed by atoms with van der Waals surface area (Å²) in [6.45, 7) is 1.49. The molecule has 0 saturated heterocycles. The summed E-state index contributed by atoms with van der Waals surface area (Å²) in [5.41, 5.74) is 7.60. The molecule has 0 spiro atoms. The molecule has 194 valence electrons. The molecule has 8 nitrogen and oxygen atoms in total. The van der Waals surface area contributed by atoms with Crippen molar-refractivity contribution in [3.05, 3.63) is 95.9 Å². The Morgan fingerprint density at radius 3 is 2.54 bits per heavy atom. The lowest BCUT2D eigenvalue weighted by molar-refractivity contribution is -0.117. The molecule has 3 heterocycles. The Bertz CT molecular complexity index is 1660. The van der Waals surface area contributed by atoms with Gasteiger partial charge in [0.2, 0.25) is 11.8 Å². The van der Waals surface area contributed by atoms with E-state index in [-0.39, 0.29) is 11.8 Å². The third-order valence-corrected chi connectivity index (χ3v) is 7.80. The second-order valence-corrected chi connectivity index (χ2v) is 10.4. The van der Waals surface area contributed by atoms with Gasteiger partial charge >= 0.3 is 0 Å². The number of nitrogens with zero attached hydrogens (tertiary/aromatic N) is 5. The van der Waals surface area contributed by atoms with Gasteiger partial charge in [-0.15, -0.1) is 0 Å². The zero-order valence-electron chi connectivity index (χ0n) is 21.6. The number of hydrogen-bond donors (Lipinski definition) is 1. The number of nitrogens with one attached hydrogen (secondary N) is 1. The van der Waals surface area contributed by atoms with Crippen LogP contribution in [0.15, 0.2) is 79.1 Å². The number of hydrogen-bond acceptors (Lipinski definition) is 6. The zero-order valence-corrected chi connectivity index (χ0v) is 22.4. The Labute approximate surface area is 230 Å². The van der Waals surface area contributed by atoms with E-state index in [9.17, 15) is 9.59 Å². The quantitative estimate of drug-likeness (QED) is 0.318. The van der Waals surface area contributed by atoms with Crippen LogP contribution in [-0.4, -0.2) is 38.6 Å². The average molecular weight is 535 g/mol. The van der Waals surface area contributed by atoms with Gasteiger partial charge in [-0.1, -0.05) is 41.7 Å². The fraction of sp³-hybridized carbons (Fsp3) is 0.167. The van der Waals surface area contributed by atoms with Crippen molar-refractivity contribution in [2.75, 3.05) is 17.3 Å². The molecule has 3 aromatic heterocycles. The van der Waals surface area contributed by atoms with Crippen LogP contribution < -0.4 is 10.2 Å². The molecule has 6 rings (SSSR count). The van der Waals surface area contributed by atoms with Crippen LogP contribution in [0.2, 0.25) is 0 Å². The minimum Gasteiger partial charge on any atom is -0.315 e. The predicted molar refractivity (Wildman–Crippen MR) is 153 cm³/mol. The number of thiazole rings is 1. The van der Waals surface area contributed by atoms with E-state index in [2.05, 4.69) is 15.3 Å². The third-order valence-electron chi connectivity index (χ3n) is 6.78. The normalized spacial score (nSPS) is 11.9. The Balaban J connectivity index is 1.36.